The van der Waals surface area contributed by atoms with Crippen LogP contribution in [-0.2, 0) is 12.8 Å². The molecule has 2 heterocycles. The van der Waals surface area contributed by atoms with Crippen LogP contribution in [0.3, 0.4) is 0 Å². The Morgan fingerprint density at radius 2 is 0.967 bits per heavy atom. The summed E-state index contributed by atoms with van der Waals surface area (Å²) in [7, 11) is 0. The van der Waals surface area contributed by atoms with Crippen LogP contribution in [0.2, 0.25) is 0 Å². The molecule has 0 radical (unpaired) electrons. The lowest BCUT2D eigenvalue weighted by molar-refractivity contribution is 0.704. The molecule has 0 fully saturated rings. The van der Waals surface area contributed by atoms with Gasteiger partial charge in [0.2, 0.25) is 0 Å². The molecule has 0 spiro atoms. The predicted molar refractivity (Wildman–Crippen MR) is 125 cm³/mol. The number of rotatable bonds is 8. The summed E-state index contributed by atoms with van der Waals surface area (Å²) in [6, 6.07) is 13.0. The van der Waals surface area contributed by atoms with Crippen LogP contribution in [0.25, 0.3) is 43.4 Å². The summed E-state index contributed by atoms with van der Waals surface area (Å²) in [5, 5.41) is 25.9. The van der Waals surface area contributed by atoms with Crippen molar-refractivity contribution in [1.29, 1.82) is 0 Å². The fourth-order valence-electron chi connectivity index (χ4n) is 4.75. The van der Waals surface area contributed by atoms with Crippen LogP contribution >= 0.6 is 0 Å². The second-order valence-corrected chi connectivity index (χ2v) is 8.36. The second kappa shape index (κ2) is 8.10. The van der Waals surface area contributed by atoms with Crippen LogP contribution in [0.1, 0.15) is 63.8 Å². The minimum atomic E-state index is 0.972. The average molecular weight is 397 g/mol. The van der Waals surface area contributed by atoms with E-state index in [1.807, 2.05) is 0 Å². The summed E-state index contributed by atoms with van der Waals surface area (Å²) in [4.78, 5) is 0. The van der Waals surface area contributed by atoms with E-state index in [1.54, 1.807) is 0 Å². The molecule has 0 saturated carbocycles. The average Bonchev–Trinajstić information content (AvgIpc) is 2.79. The van der Waals surface area contributed by atoms with Gasteiger partial charge in [0, 0.05) is 32.3 Å². The van der Waals surface area contributed by atoms with E-state index in [0.717, 1.165) is 58.9 Å². The molecule has 0 atom stereocenters. The first-order valence-corrected chi connectivity index (χ1v) is 11.4. The molecule has 5 rings (SSSR count). The van der Waals surface area contributed by atoms with Gasteiger partial charge >= 0.3 is 0 Å². The number of nitrogens with zero attached hydrogens (tertiary/aromatic N) is 4. The normalized spacial score (nSPS) is 12.1. The second-order valence-electron chi connectivity index (χ2n) is 8.36. The van der Waals surface area contributed by atoms with Gasteiger partial charge in [-0.05, 0) is 25.7 Å². The Morgan fingerprint density at radius 3 is 1.40 bits per heavy atom. The minimum absolute atomic E-state index is 0.972. The molecule has 3 aromatic carbocycles. The molecule has 0 aliphatic carbocycles. The van der Waals surface area contributed by atoms with E-state index in [-0.39, 0.29) is 0 Å². The number of hydrogen-bond acceptors (Lipinski definition) is 4. The molecule has 30 heavy (non-hydrogen) atoms. The zero-order valence-corrected chi connectivity index (χ0v) is 17.9. The van der Waals surface area contributed by atoms with E-state index >= 15 is 0 Å². The van der Waals surface area contributed by atoms with Gasteiger partial charge in [-0.15, -0.1) is 10.2 Å². The molecule has 0 N–H and O–H groups in total. The highest BCUT2D eigenvalue weighted by molar-refractivity contribution is 6.30. The van der Waals surface area contributed by atoms with Gasteiger partial charge in [0.1, 0.15) is 11.0 Å². The van der Waals surface area contributed by atoms with Crippen molar-refractivity contribution in [3.63, 3.8) is 0 Å². The number of fused-ring (bicyclic) bond motifs is 2. The van der Waals surface area contributed by atoms with Crippen molar-refractivity contribution in [2.75, 3.05) is 0 Å². The smallest absolute Gasteiger partial charge is 0.102 e. The number of aromatic nitrogens is 4. The molecule has 0 amide bonds. The first kappa shape index (κ1) is 19.1. The van der Waals surface area contributed by atoms with Crippen LogP contribution in [-0.4, -0.2) is 20.4 Å². The maximum absolute atomic E-state index is 4.75. The lowest BCUT2D eigenvalue weighted by atomic mass is 9.93. The summed E-state index contributed by atoms with van der Waals surface area (Å²) in [5.74, 6) is 0. The Labute approximate surface area is 177 Å². The van der Waals surface area contributed by atoms with Gasteiger partial charge in [-0.25, -0.2) is 0 Å². The Morgan fingerprint density at radius 1 is 0.533 bits per heavy atom. The molecule has 4 heteroatoms. The van der Waals surface area contributed by atoms with Crippen molar-refractivity contribution >= 4 is 43.4 Å². The van der Waals surface area contributed by atoms with Crippen molar-refractivity contribution in [3.05, 3.63) is 47.8 Å². The fourth-order valence-corrected chi connectivity index (χ4v) is 4.75. The van der Waals surface area contributed by atoms with E-state index < -0.39 is 0 Å². The Hall–Kier alpha value is -2.88. The Kier molecular flexibility index (Phi) is 5.16. The molecule has 5 aromatic rings. The van der Waals surface area contributed by atoms with Crippen LogP contribution in [0.5, 0.6) is 0 Å². The molecule has 0 aliphatic rings. The van der Waals surface area contributed by atoms with E-state index in [9.17, 15) is 0 Å². The zero-order chi connectivity index (χ0) is 20.5. The third-order valence-electron chi connectivity index (χ3n) is 6.31. The summed E-state index contributed by atoms with van der Waals surface area (Å²) in [6.45, 7) is 4.46. The lowest BCUT2D eigenvalue weighted by Crippen LogP contribution is -2.01. The number of unbranched alkanes of at least 4 members (excludes halogenated alkanes) is 4. The first-order valence-electron chi connectivity index (χ1n) is 11.4. The van der Waals surface area contributed by atoms with Gasteiger partial charge in [-0.3, -0.25) is 0 Å². The highest BCUT2D eigenvalue weighted by Crippen LogP contribution is 2.39. The lowest BCUT2D eigenvalue weighted by Gasteiger charge is -2.15. The Balaban J connectivity index is 1.78. The molecule has 2 aromatic heterocycles. The highest BCUT2D eigenvalue weighted by atomic mass is 15.1. The van der Waals surface area contributed by atoms with Crippen LogP contribution in [0.15, 0.2) is 36.4 Å². The third kappa shape index (κ3) is 3.06. The molecule has 0 bridgehead atoms. The maximum atomic E-state index is 4.75. The standard InChI is InChI=1S/C26H28N4/c1-3-5-7-15-21-17-11-9-13-19-23(17)25(29-27-21)20-14-10-12-18-22(16-8-6-4-2)28-30-26(19)24(18)20/h9-14H,3-8,15-16H2,1-2H3. The maximum Gasteiger partial charge on any atom is 0.102 e. The van der Waals surface area contributed by atoms with Crippen molar-refractivity contribution in [3.8, 4) is 0 Å². The molecule has 152 valence electrons. The van der Waals surface area contributed by atoms with Crippen LogP contribution in [0, 0.1) is 0 Å². The van der Waals surface area contributed by atoms with Gasteiger partial charge in [0.15, 0.2) is 0 Å². The fraction of sp³-hybridized carbons (Fsp3) is 0.385. The Bertz CT molecular complexity index is 1200. The summed E-state index contributed by atoms with van der Waals surface area (Å²) < 4.78 is 0. The zero-order valence-electron chi connectivity index (χ0n) is 17.9. The van der Waals surface area contributed by atoms with Gasteiger partial charge in [-0.2, -0.15) is 10.2 Å². The summed E-state index contributed by atoms with van der Waals surface area (Å²) >= 11 is 0. The van der Waals surface area contributed by atoms with Crippen LogP contribution < -0.4 is 0 Å². The van der Waals surface area contributed by atoms with Crippen molar-refractivity contribution in [2.45, 2.75) is 65.2 Å². The van der Waals surface area contributed by atoms with Crippen molar-refractivity contribution in [2.24, 2.45) is 0 Å². The molecular formula is C26H28N4. The van der Waals surface area contributed by atoms with E-state index in [4.69, 9.17) is 10.2 Å². The van der Waals surface area contributed by atoms with Gasteiger partial charge in [0.25, 0.3) is 0 Å². The largest absolute Gasteiger partial charge is 0.154 e. The monoisotopic (exact) mass is 396 g/mol. The van der Waals surface area contributed by atoms with Crippen molar-refractivity contribution < 1.29 is 0 Å². The summed E-state index contributed by atoms with van der Waals surface area (Å²) in [5.41, 5.74) is 4.18. The molecule has 4 nitrogen and oxygen atoms in total. The third-order valence-corrected chi connectivity index (χ3v) is 6.31. The topological polar surface area (TPSA) is 51.6 Å². The van der Waals surface area contributed by atoms with Gasteiger partial charge in [-0.1, -0.05) is 75.9 Å². The van der Waals surface area contributed by atoms with Gasteiger partial charge < -0.3 is 0 Å². The van der Waals surface area contributed by atoms with Crippen molar-refractivity contribution in [1.82, 2.24) is 20.4 Å². The van der Waals surface area contributed by atoms with E-state index in [1.165, 1.54) is 47.2 Å². The van der Waals surface area contributed by atoms with Crippen LogP contribution in [0.4, 0.5) is 0 Å². The first-order chi connectivity index (χ1) is 14.8. The number of aryl methyl sites for hydroxylation is 2. The van der Waals surface area contributed by atoms with E-state index in [0.29, 0.717) is 0 Å². The highest BCUT2D eigenvalue weighted by Gasteiger charge is 2.19. The predicted octanol–water partition coefficient (Wildman–Crippen LogP) is 6.78. The minimum Gasteiger partial charge on any atom is -0.154 e. The molecular weight excluding hydrogens is 368 g/mol. The molecule has 0 saturated heterocycles. The molecule has 0 unspecified atom stereocenters. The molecule has 0 aliphatic heterocycles. The quantitative estimate of drug-likeness (QED) is 0.165. The number of benzene rings is 3. The summed E-state index contributed by atoms with van der Waals surface area (Å²) in [6.07, 6.45) is 9.10. The number of hydrogen-bond donors (Lipinski definition) is 0. The van der Waals surface area contributed by atoms with E-state index in [2.05, 4.69) is 60.4 Å². The SMILES string of the molecule is CCCCCc1nnc2c3cccc4c(CCCCC)nnc(c5cccc1c52)c43. The van der Waals surface area contributed by atoms with Gasteiger partial charge in [0.05, 0.1) is 11.4 Å².